The quantitative estimate of drug-likeness (QED) is 0.916. The van der Waals surface area contributed by atoms with Crippen LogP contribution in [0, 0.1) is 6.92 Å². The number of aromatic nitrogens is 1. The zero-order chi connectivity index (χ0) is 14.0. The van der Waals surface area contributed by atoms with Crippen LogP contribution in [0.25, 0.3) is 0 Å². The van der Waals surface area contributed by atoms with E-state index in [1.807, 2.05) is 30.6 Å². The molecule has 2 aromatic rings. The summed E-state index contributed by atoms with van der Waals surface area (Å²) in [6.07, 6.45) is -0.445. The van der Waals surface area contributed by atoms with E-state index in [1.165, 1.54) is 4.88 Å². The molecule has 1 atom stereocenters. The molecule has 1 heterocycles. The summed E-state index contributed by atoms with van der Waals surface area (Å²) in [6.45, 7) is 4.64. The van der Waals surface area contributed by atoms with Gasteiger partial charge in [-0.15, -0.1) is 11.3 Å². The Morgan fingerprint density at radius 3 is 2.74 bits per heavy atom. The first kappa shape index (κ1) is 14.5. The summed E-state index contributed by atoms with van der Waals surface area (Å²) in [5.41, 5.74) is 4.99. The van der Waals surface area contributed by atoms with Crippen molar-refractivity contribution in [3.63, 3.8) is 0 Å². The molecule has 5 heteroatoms. The van der Waals surface area contributed by atoms with E-state index in [9.17, 15) is 5.11 Å². The first-order valence-electron chi connectivity index (χ1n) is 6.06. The fourth-order valence-corrected chi connectivity index (χ4v) is 3.40. The normalized spacial score (nSPS) is 12.5. The van der Waals surface area contributed by atoms with Gasteiger partial charge in [-0.25, -0.2) is 4.98 Å². The average Bonchev–Trinajstić information content (AvgIpc) is 2.74. The highest BCUT2D eigenvalue weighted by molar-refractivity contribution is 9.10. The van der Waals surface area contributed by atoms with E-state index >= 15 is 0 Å². The Bertz CT molecular complexity index is 568. The lowest BCUT2D eigenvalue weighted by Gasteiger charge is -2.21. The van der Waals surface area contributed by atoms with Crippen LogP contribution < -0.4 is 4.90 Å². The first-order chi connectivity index (χ1) is 8.99. The van der Waals surface area contributed by atoms with Gasteiger partial charge in [0.1, 0.15) is 0 Å². The van der Waals surface area contributed by atoms with Gasteiger partial charge in [-0.1, -0.05) is 6.07 Å². The Balaban J connectivity index is 2.20. The van der Waals surface area contributed by atoms with E-state index in [2.05, 4.69) is 32.9 Å². The number of aliphatic hydroxyl groups excluding tert-OH is 1. The third-order valence-electron chi connectivity index (χ3n) is 3.09. The predicted molar refractivity (Wildman–Crippen MR) is 83.7 cm³/mol. The average molecular weight is 341 g/mol. The summed E-state index contributed by atoms with van der Waals surface area (Å²) < 4.78 is 0.996. The molecule has 1 aromatic carbocycles. The van der Waals surface area contributed by atoms with Crippen molar-refractivity contribution >= 4 is 33.0 Å². The maximum atomic E-state index is 9.58. The van der Waals surface area contributed by atoms with Crippen LogP contribution >= 0.6 is 27.3 Å². The minimum absolute atomic E-state index is 0.445. The second kappa shape index (κ2) is 6.03. The molecular formula is C14H17BrN2OS. The molecule has 0 bridgehead atoms. The van der Waals surface area contributed by atoms with E-state index in [1.54, 1.807) is 18.3 Å². The summed E-state index contributed by atoms with van der Waals surface area (Å²) in [5, 5.41) is 9.58. The summed E-state index contributed by atoms with van der Waals surface area (Å²) in [7, 11) is 2.06. The minimum atomic E-state index is -0.445. The molecule has 3 nitrogen and oxygen atoms in total. The molecule has 0 saturated carbocycles. The lowest BCUT2D eigenvalue weighted by molar-refractivity contribution is 0.199. The van der Waals surface area contributed by atoms with Gasteiger partial charge in [-0.3, -0.25) is 0 Å². The molecule has 0 radical (unpaired) electrons. The summed E-state index contributed by atoms with van der Waals surface area (Å²) in [6, 6.07) is 5.96. The van der Waals surface area contributed by atoms with Gasteiger partial charge in [-0.05, 0) is 47.5 Å². The van der Waals surface area contributed by atoms with Crippen molar-refractivity contribution in [1.82, 2.24) is 4.98 Å². The van der Waals surface area contributed by atoms with Crippen LogP contribution in [0.3, 0.4) is 0 Å². The van der Waals surface area contributed by atoms with Crippen LogP contribution in [-0.2, 0) is 6.54 Å². The van der Waals surface area contributed by atoms with Crippen molar-refractivity contribution in [3.05, 3.63) is 44.3 Å². The van der Waals surface area contributed by atoms with Gasteiger partial charge < -0.3 is 10.0 Å². The number of aliphatic hydroxyl groups is 1. The number of hydrogen-bond donors (Lipinski definition) is 1. The molecule has 0 amide bonds. The van der Waals surface area contributed by atoms with E-state index in [0.717, 1.165) is 28.0 Å². The minimum Gasteiger partial charge on any atom is -0.389 e. The Labute approximate surface area is 126 Å². The van der Waals surface area contributed by atoms with Crippen molar-refractivity contribution < 1.29 is 5.11 Å². The fourth-order valence-electron chi connectivity index (χ4n) is 1.87. The van der Waals surface area contributed by atoms with Gasteiger partial charge in [0.15, 0.2) is 0 Å². The molecule has 0 spiro atoms. The Morgan fingerprint density at radius 1 is 1.47 bits per heavy atom. The van der Waals surface area contributed by atoms with Crippen LogP contribution in [0.5, 0.6) is 0 Å². The van der Waals surface area contributed by atoms with E-state index in [0.29, 0.717) is 0 Å². The number of hydrogen-bond acceptors (Lipinski definition) is 4. The second-order valence-corrected chi connectivity index (χ2v) is 6.40. The van der Waals surface area contributed by atoms with Gasteiger partial charge in [-0.2, -0.15) is 0 Å². The molecule has 1 N–H and O–H groups in total. The third-order valence-corrected chi connectivity index (χ3v) is 4.65. The highest BCUT2D eigenvalue weighted by Crippen LogP contribution is 2.30. The van der Waals surface area contributed by atoms with Crippen LogP contribution in [0.4, 0.5) is 5.69 Å². The number of rotatable bonds is 4. The molecule has 19 heavy (non-hydrogen) atoms. The molecule has 102 valence electrons. The van der Waals surface area contributed by atoms with Gasteiger partial charge in [0, 0.05) is 16.4 Å². The number of nitrogens with zero attached hydrogens (tertiary/aromatic N) is 2. The second-order valence-electron chi connectivity index (χ2n) is 4.60. The lowest BCUT2D eigenvalue weighted by atomic mass is 10.1. The maximum Gasteiger partial charge on any atom is 0.0798 e. The van der Waals surface area contributed by atoms with Crippen molar-refractivity contribution in [2.45, 2.75) is 26.5 Å². The molecule has 1 unspecified atom stereocenters. The van der Waals surface area contributed by atoms with Gasteiger partial charge in [0.2, 0.25) is 0 Å². The molecule has 2 rings (SSSR count). The van der Waals surface area contributed by atoms with Gasteiger partial charge >= 0.3 is 0 Å². The van der Waals surface area contributed by atoms with Crippen LogP contribution in [-0.4, -0.2) is 17.1 Å². The molecule has 0 saturated heterocycles. The number of benzene rings is 1. The smallest absolute Gasteiger partial charge is 0.0798 e. The molecular weight excluding hydrogens is 324 g/mol. The lowest BCUT2D eigenvalue weighted by Crippen LogP contribution is -2.16. The molecule has 0 fully saturated rings. The van der Waals surface area contributed by atoms with Gasteiger partial charge in [0.25, 0.3) is 0 Å². The summed E-state index contributed by atoms with van der Waals surface area (Å²) in [5.74, 6) is 0. The highest BCUT2D eigenvalue weighted by atomic mass is 79.9. The number of halogens is 1. The van der Waals surface area contributed by atoms with Crippen LogP contribution in [0.1, 0.15) is 29.2 Å². The zero-order valence-corrected chi connectivity index (χ0v) is 13.6. The number of anilines is 1. The van der Waals surface area contributed by atoms with Crippen molar-refractivity contribution in [3.8, 4) is 0 Å². The molecule has 1 aromatic heterocycles. The predicted octanol–water partition coefficient (Wildman–Crippen LogP) is 3.90. The topological polar surface area (TPSA) is 36.4 Å². The Kier molecular flexibility index (Phi) is 4.60. The highest BCUT2D eigenvalue weighted by Gasteiger charge is 2.11. The van der Waals surface area contributed by atoms with Gasteiger partial charge in [0.05, 0.1) is 29.5 Å². The van der Waals surface area contributed by atoms with Crippen molar-refractivity contribution in [2.24, 2.45) is 0 Å². The largest absolute Gasteiger partial charge is 0.389 e. The van der Waals surface area contributed by atoms with E-state index < -0.39 is 6.10 Å². The standard InChI is InChI=1S/C14H17BrN2OS/c1-9-14(19-8-16-9)7-17(3)13-5-4-11(10(2)18)6-12(13)15/h4-6,8,10,18H,7H2,1-3H3. The SMILES string of the molecule is Cc1ncsc1CN(C)c1ccc(C(C)O)cc1Br. The summed E-state index contributed by atoms with van der Waals surface area (Å²) in [4.78, 5) is 7.72. The number of thiazole rings is 1. The fraction of sp³-hybridized carbons (Fsp3) is 0.357. The Hall–Kier alpha value is -0.910. The monoisotopic (exact) mass is 340 g/mol. The van der Waals surface area contributed by atoms with Crippen molar-refractivity contribution in [2.75, 3.05) is 11.9 Å². The third kappa shape index (κ3) is 3.35. The van der Waals surface area contributed by atoms with Crippen LogP contribution in [0.2, 0.25) is 0 Å². The maximum absolute atomic E-state index is 9.58. The molecule has 0 aliphatic heterocycles. The van der Waals surface area contributed by atoms with E-state index in [-0.39, 0.29) is 0 Å². The van der Waals surface area contributed by atoms with Crippen molar-refractivity contribution in [1.29, 1.82) is 0 Å². The zero-order valence-electron chi connectivity index (χ0n) is 11.2. The Morgan fingerprint density at radius 2 is 2.21 bits per heavy atom. The van der Waals surface area contributed by atoms with Crippen LogP contribution in [0.15, 0.2) is 28.2 Å². The number of aryl methyl sites for hydroxylation is 1. The summed E-state index contributed by atoms with van der Waals surface area (Å²) >= 11 is 5.25. The van der Waals surface area contributed by atoms with E-state index in [4.69, 9.17) is 0 Å². The molecule has 0 aliphatic rings. The first-order valence-corrected chi connectivity index (χ1v) is 7.74. The molecule has 0 aliphatic carbocycles.